The molecule has 0 bridgehead atoms. The van der Waals surface area contributed by atoms with Crippen molar-refractivity contribution in [2.24, 2.45) is 17.3 Å². The van der Waals surface area contributed by atoms with E-state index in [-0.39, 0.29) is 5.41 Å². The van der Waals surface area contributed by atoms with Crippen molar-refractivity contribution in [1.29, 1.82) is 0 Å². The Morgan fingerprint density at radius 3 is 2.50 bits per heavy atom. The summed E-state index contributed by atoms with van der Waals surface area (Å²) in [5.41, 5.74) is 0.234. The average Bonchev–Trinajstić information content (AvgIpc) is 2.15. The van der Waals surface area contributed by atoms with E-state index in [1.165, 1.54) is 12.8 Å². The summed E-state index contributed by atoms with van der Waals surface area (Å²) in [6.45, 7) is 6.54. The van der Waals surface area contributed by atoms with Crippen molar-refractivity contribution >= 4 is 5.97 Å². The first kappa shape index (κ1) is 9.56. The molecule has 0 aromatic carbocycles. The first-order valence-corrected chi connectivity index (χ1v) is 4.65. The molecule has 1 aliphatic rings. The molecule has 1 saturated carbocycles. The van der Waals surface area contributed by atoms with E-state index in [4.69, 9.17) is 5.11 Å². The van der Waals surface area contributed by atoms with Gasteiger partial charge in [0.1, 0.15) is 0 Å². The van der Waals surface area contributed by atoms with Gasteiger partial charge in [0.05, 0.1) is 0 Å². The molecule has 0 aliphatic heterocycles. The summed E-state index contributed by atoms with van der Waals surface area (Å²) in [6.07, 6.45) is 2.70. The maximum absolute atomic E-state index is 10.6. The van der Waals surface area contributed by atoms with Crippen molar-refractivity contribution in [1.82, 2.24) is 0 Å². The van der Waals surface area contributed by atoms with Gasteiger partial charge in [-0.1, -0.05) is 20.8 Å². The lowest BCUT2D eigenvalue weighted by Gasteiger charge is -2.27. The zero-order valence-corrected chi connectivity index (χ0v) is 8.13. The van der Waals surface area contributed by atoms with E-state index in [0.29, 0.717) is 18.3 Å². The molecule has 0 aromatic rings. The lowest BCUT2D eigenvalue weighted by atomic mass is 9.77. The molecule has 12 heavy (non-hydrogen) atoms. The molecule has 2 nitrogen and oxygen atoms in total. The third-order valence-corrected chi connectivity index (χ3v) is 3.33. The fourth-order valence-corrected chi connectivity index (χ4v) is 2.42. The monoisotopic (exact) mass is 170 g/mol. The maximum atomic E-state index is 10.6. The molecule has 0 aromatic heterocycles. The first-order valence-electron chi connectivity index (χ1n) is 4.65. The van der Waals surface area contributed by atoms with Crippen LogP contribution in [0.3, 0.4) is 0 Å². The SMILES string of the molecule is CC1CCC(C)(C)C1CC(=O)O. The van der Waals surface area contributed by atoms with Gasteiger partial charge < -0.3 is 5.11 Å². The van der Waals surface area contributed by atoms with Gasteiger partial charge in [0.25, 0.3) is 0 Å². The van der Waals surface area contributed by atoms with Crippen LogP contribution in [0.5, 0.6) is 0 Å². The number of rotatable bonds is 2. The Morgan fingerprint density at radius 1 is 1.58 bits per heavy atom. The number of hydrogen-bond donors (Lipinski definition) is 1. The van der Waals surface area contributed by atoms with Crippen LogP contribution in [0.4, 0.5) is 0 Å². The van der Waals surface area contributed by atoms with E-state index >= 15 is 0 Å². The molecule has 1 N–H and O–H groups in total. The van der Waals surface area contributed by atoms with E-state index < -0.39 is 5.97 Å². The molecular weight excluding hydrogens is 152 g/mol. The maximum Gasteiger partial charge on any atom is 0.303 e. The molecule has 0 heterocycles. The van der Waals surface area contributed by atoms with E-state index in [9.17, 15) is 4.79 Å². The van der Waals surface area contributed by atoms with Crippen molar-refractivity contribution < 1.29 is 9.90 Å². The number of carboxylic acid groups (broad SMARTS) is 1. The highest BCUT2D eigenvalue weighted by molar-refractivity contribution is 5.67. The van der Waals surface area contributed by atoms with Gasteiger partial charge in [-0.15, -0.1) is 0 Å². The zero-order valence-electron chi connectivity index (χ0n) is 8.13. The van der Waals surface area contributed by atoms with Crippen molar-refractivity contribution in [2.45, 2.75) is 40.0 Å². The Labute approximate surface area is 74.0 Å². The topological polar surface area (TPSA) is 37.3 Å². The van der Waals surface area contributed by atoms with Crippen molar-refractivity contribution in [2.75, 3.05) is 0 Å². The van der Waals surface area contributed by atoms with Crippen LogP contribution in [0.1, 0.15) is 40.0 Å². The largest absolute Gasteiger partial charge is 0.481 e. The fraction of sp³-hybridized carbons (Fsp3) is 0.900. The molecule has 2 atom stereocenters. The molecule has 1 rings (SSSR count). The fourth-order valence-electron chi connectivity index (χ4n) is 2.42. The van der Waals surface area contributed by atoms with E-state index in [1.807, 2.05) is 0 Å². The molecule has 0 spiro atoms. The minimum atomic E-state index is -0.651. The van der Waals surface area contributed by atoms with Crippen LogP contribution in [-0.2, 0) is 4.79 Å². The highest BCUT2D eigenvalue weighted by atomic mass is 16.4. The molecule has 1 fully saturated rings. The van der Waals surface area contributed by atoms with Crippen molar-refractivity contribution in [3.63, 3.8) is 0 Å². The predicted octanol–water partition coefficient (Wildman–Crippen LogP) is 2.53. The second kappa shape index (κ2) is 3.08. The van der Waals surface area contributed by atoms with Crippen LogP contribution in [-0.4, -0.2) is 11.1 Å². The number of aliphatic carboxylic acids is 1. The van der Waals surface area contributed by atoms with Crippen LogP contribution in [0.2, 0.25) is 0 Å². The Kier molecular flexibility index (Phi) is 2.45. The van der Waals surface area contributed by atoms with Crippen molar-refractivity contribution in [3.8, 4) is 0 Å². The van der Waals surface area contributed by atoms with Gasteiger partial charge in [-0.2, -0.15) is 0 Å². The molecule has 0 saturated heterocycles. The summed E-state index contributed by atoms with van der Waals surface area (Å²) in [5.74, 6) is 0.299. The van der Waals surface area contributed by atoms with Gasteiger partial charge in [0.15, 0.2) is 0 Å². The number of hydrogen-bond acceptors (Lipinski definition) is 1. The lowest BCUT2D eigenvalue weighted by Crippen LogP contribution is -2.23. The average molecular weight is 170 g/mol. The van der Waals surface area contributed by atoms with E-state index in [1.54, 1.807) is 0 Å². The quantitative estimate of drug-likeness (QED) is 0.691. The molecule has 0 radical (unpaired) electrons. The van der Waals surface area contributed by atoms with Gasteiger partial charge in [-0.25, -0.2) is 0 Å². The van der Waals surface area contributed by atoms with Crippen LogP contribution in [0.15, 0.2) is 0 Å². The van der Waals surface area contributed by atoms with Gasteiger partial charge in [0.2, 0.25) is 0 Å². The summed E-state index contributed by atoms with van der Waals surface area (Å²) < 4.78 is 0. The third kappa shape index (κ3) is 1.79. The van der Waals surface area contributed by atoms with Crippen molar-refractivity contribution in [3.05, 3.63) is 0 Å². The predicted molar refractivity (Wildman–Crippen MR) is 47.9 cm³/mol. The van der Waals surface area contributed by atoms with E-state index in [2.05, 4.69) is 20.8 Å². The summed E-state index contributed by atoms with van der Waals surface area (Å²) in [5, 5.41) is 8.72. The standard InChI is InChI=1S/C10H18O2/c1-7-4-5-10(2,3)8(7)6-9(11)12/h7-8H,4-6H2,1-3H3,(H,11,12). The highest BCUT2D eigenvalue weighted by Gasteiger charge is 2.40. The first-order chi connectivity index (χ1) is 5.43. The Hall–Kier alpha value is -0.530. The number of carboxylic acids is 1. The Balaban J connectivity index is 2.65. The van der Waals surface area contributed by atoms with Gasteiger partial charge >= 0.3 is 5.97 Å². The van der Waals surface area contributed by atoms with Crippen LogP contribution in [0.25, 0.3) is 0 Å². The molecule has 0 amide bonds. The van der Waals surface area contributed by atoms with Gasteiger partial charge in [0, 0.05) is 6.42 Å². The Bertz CT molecular complexity index is 184. The summed E-state index contributed by atoms with van der Waals surface area (Å²) in [4.78, 5) is 10.6. The summed E-state index contributed by atoms with van der Waals surface area (Å²) in [6, 6.07) is 0. The normalized spacial score (nSPS) is 33.6. The lowest BCUT2D eigenvalue weighted by molar-refractivity contribution is -0.139. The minimum Gasteiger partial charge on any atom is -0.481 e. The minimum absolute atomic E-state index is 0.234. The van der Waals surface area contributed by atoms with E-state index in [0.717, 1.165) is 0 Å². The smallest absolute Gasteiger partial charge is 0.303 e. The van der Waals surface area contributed by atoms with Crippen LogP contribution < -0.4 is 0 Å². The molecule has 2 unspecified atom stereocenters. The highest BCUT2D eigenvalue weighted by Crippen LogP contribution is 2.47. The molecule has 1 aliphatic carbocycles. The summed E-state index contributed by atoms with van der Waals surface area (Å²) >= 11 is 0. The van der Waals surface area contributed by atoms with Gasteiger partial charge in [-0.3, -0.25) is 4.79 Å². The molecule has 2 heteroatoms. The molecular formula is C10H18O2. The third-order valence-electron chi connectivity index (χ3n) is 3.33. The molecule has 70 valence electrons. The number of carbonyl (C=O) groups is 1. The zero-order chi connectivity index (χ0) is 9.35. The van der Waals surface area contributed by atoms with Crippen LogP contribution in [0, 0.1) is 17.3 Å². The Morgan fingerprint density at radius 2 is 2.17 bits per heavy atom. The van der Waals surface area contributed by atoms with Gasteiger partial charge in [-0.05, 0) is 30.1 Å². The van der Waals surface area contributed by atoms with Crippen LogP contribution >= 0.6 is 0 Å². The second-order valence-corrected chi connectivity index (χ2v) is 4.71. The summed E-state index contributed by atoms with van der Waals surface area (Å²) in [7, 11) is 0. The second-order valence-electron chi connectivity index (χ2n) is 4.71.